The Labute approximate surface area is 183 Å². The van der Waals surface area contributed by atoms with E-state index in [1.165, 1.54) is 4.90 Å². The number of imide groups is 1. The summed E-state index contributed by atoms with van der Waals surface area (Å²) in [5.74, 6) is -0.0701. The third kappa shape index (κ3) is 4.06. The molecule has 1 atom stereocenters. The average Bonchev–Trinajstić information content (AvgIpc) is 3.01. The van der Waals surface area contributed by atoms with Crippen molar-refractivity contribution >= 4 is 29.2 Å². The van der Waals surface area contributed by atoms with Gasteiger partial charge in [0.1, 0.15) is 23.7 Å². The summed E-state index contributed by atoms with van der Waals surface area (Å²) in [6, 6.07) is 16.9. The van der Waals surface area contributed by atoms with Gasteiger partial charge in [-0.2, -0.15) is 5.26 Å². The van der Waals surface area contributed by atoms with Crippen molar-refractivity contribution in [2.24, 2.45) is 0 Å². The Balaban J connectivity index is 1.61. The van der Waals surface area contributed by atoms with Crippen LogP contribution in [0.5, 0.6) is 5.75 Å². The van der Waals surface area contributed by atoms with Gasteiger partial charge >= 0.3 is 0 Å². The largest absolute Gasteiger partial charge is 0.484 e. The molecule has 1 aliphatic rings. The number of halogens is 1. The van der Waals surface area contributed by atoms with Crippen molar-refractivity contribution in [1.82, 2.24) is 9.88 Å². The molecular formula is C23H17ClN4O3. The predicted octanol–water partition coefficient (Wildman–Crippen LogP) is 4.00. The van der Waals surface area contributed by atoms with Gasteiger partial charge in [-0.15, -0.1) is 0 Å². The van der Waals surface area contributed by atoms with E-state index in [2.05, 4.69) is 11.1 Å². The van der Waals surface area contributed by atoms with E-state index in [0.29, 0.717) is 38.8 Å². The standard InChI is InChI=1S/C23H17ClN4O3/c24-16-6-5-15(13-25)20(12-16)31-19(14-7-9-27-21(26)11-14)8-10-28-22(29)17-3-1-2-4-18(17)23(28)30/h1-7,9,11-12,19H,8,10H2,(H2,26,27). The van der Waals surface area contributed by atoms with Crippen LogP contribution in [0.15, 0.2) is 60.8 Å². The molecule has 2 aromatic carbocycles. The Bertz CT molecular complexity index is 1190. The molecule has 2 N–H and O–H groups in total. The van der Waals surface area contributed by atoms with Gasteiger partial charge in [-0.25, -0.2) is 4.98 Å². The molecule has 0 spiro atoms. The minimum Gasteiger partial charge on any atom is -0.484 e. The topological polar surface area (TPSA) is 109 Å². The molecule has 0 bridgehead atoms. The molecule has 1 unspecified atom stereocenters. The molecule has 0 aliphatic carbocycles. The van der Waals surface area contributed by atoms with Gasteiger partial charge < -0.3 is 10.5 Å². The molecule has 2 heterocycles. The van der Waals surface area contributed by atoms with Gasteiger partial charge in [-0.1, -0.05) is 23.7 Å². The second-order valence-corrected chi connectivity index (χ2v) is 7.41. The number of aromatic nitrogens is 1. The van der Waals surface area contributed by atoms with Crippen LogP contribution >= 0.6 is 11.6 Å². The highest BCUT2D eigenvalue weighted by Crippen LogP contribution is 2.31. The normalized spacial score (nSPS) is 13.6. The maximum absolute atomic E-state index is 12.7. The van der Waals surface area contributed by atoms with Gasteiger partial charge in [-0.05, 0) is 42.0 Å². The second kappa shape index (κ2) is 8.46. The first-order valence-electron chi connectivity index (χ1n) is 9.51. The van der Waals surface area contributed by atoms with Crippen LogP contribution in [-0.2, 0) is 0 Å². The minimum atomic E-state index is -0.597. The summed E-state index contributed by atoms with van der Waals surface area (Å²) in [4.78, 5) is 30.6. The molecule has 3 aromatic rings. The Morgan fingerprint density at radius 2 is 1.81 bits per heavy atom. The van der Waals surface area contributed by atoms with Crippen LogP contribution in [0.2, 0.25) is 5.02 Å². The van der Waals surface area contributed by atoms with E-state index >= 15 is 0 Å². The molecule has 0 radical (unpaired) electrons. The number of ether oxygens (including phenoxy) is 1. The smallest absolute Gasteiger partial charge is 0.261 e. The highest BCUT2D eigenvalue weighted by Gasteiger charge is 2.35. The number of nitrogens with zero attached hydrogens (tertiary/aromatic N) is 3. The number of rotatable bonds is 6. The van der Waals surface area contributed by atoms with Crippen LogP contribution in [0.25, 0.3) is 0 Å². The molecule has 1 aliphatic heterocycles. The number of amides is 2. The van der Waals surface area contributed by atoms with E-state index in [0.717, 1.165) is 0 Å². The van der Waals surface area contributed by atoms with E-state index < -0.39 is 6.10 Å². The molecular weight excluding hydrogens is 416 g/mol. The number of benzene rings is 2. The van der Waals surface area contributed by atoms with Gasteiger partial charge in [0.25, 0.3) is 11.8 Å². The average molecular weight is 433 g/mol. The number of nitrogen functional groups attached to an aromatic ring is 1. The SMILES string of the molecule is N#Cc1ccc(Cl)cc1OC(CCN1C(=O)c2ccccc2C1=O)c1ccnc(N)c1. The number of pyridine rings is 1. The van der Waals surface area contributed by atoms with E-state index in [1.54, 1.807) is 60.8 Å². The van der Waals surface area contributed by atoms with Gasteiger partial charge in [0.2, 0.25) is 0 Å². The van der Waals surface area contributed by atoms with Gasteiger partial charge in [-0.3, -0.25) is 14.5 Å². The maximum Gasteiger partial charge on any atom is 0.261 e. The van der Waals surface area contributed by atoms with Gasteiger partial charge in [0.05, 0.1) is 16.7 Å². The lowest BCUT2D eigenvalue weighted by Gasteiger charge is -2.23. The number of hydrogen-bond donors (Lipinski definition) is 1. The van der Waals surface area contributed by atoms with Crippen molar-refractivity contribution in [1.29, 1.82) is 5.26 Å². The summed E-state index contributed by atoms with van der Waals surface area (Å²) in [6.07, 6.45) is 1.23. The van der Waals surface area contributed by atoms with Crippen molar-refractivity contribution in [2.75, 3.05) is 12.3 Å². The van der Waals surface area contributed by atoms with E-state index in [9.17, 15) is 14.9 Å². The Hall–Kier alpha value is -3.89. The lowest BCUT2D eigenvalue weighted by Crippen LogP contribution is -2.32. The van der Waals surface area contributed by atoms with Crippen molar-refractivity contribution in [3.05, 3.63) is 88.1 Å². The zero-order chi connectivity index (χ0) is 22.0. The zero-order valence-electron chi connectivity index (χ0n) is 16.3. The Morgan fingerprint density at radius 1 is 1.10 bits per heavy atom. The molecule has 4 rings (SSSR count). The Morgan fingerprint density at radius 3 is 2.45 bits per heavy atom. The highest BCUT2D eigenvalue weighted by atomic mass is 35.5. The predicted molar refractivity (Wildman–Crippen MR) is 115 cm³/mol. The quantitative estimate of drug-likeness (QED) is 0.589. The fraction of sp³-hybridized carbons (Fsp3) is 0.130. The fourth-order valence-corrected chi connectivity index (χ4v) is 3.65. The van der Waals surface area contributed by atoms with Crippen LogP contribution < -0.4 is 10.5 Å². The molecule has 0 fully saturated rings. The first-order valence-corrected chi connectivity index (χ1v) is 9.88. The van der Waals surface area contributed by atoms with Crippen LogP contribution in [0.1, 0.15) is 44.4 Å². The first kappa shape index (κ1) is 20.4. The molecule has 31 heavy (non-hydrogen) atoms. The number of carbonyl (C=O) groups is 2. The van der Waals surface area contributed by atoms with E-state index in [-0.39, 0.29) is 24.8 Å². The third-order valence-electron chi connectivity index (χ3n) is 5.00. The number of anilines is 1. The van der Waals surface area contributed by atoms with Crippen LogP contribution in [0.3, 0.4) is 0 Å². The van der Waals surface area contributed by atoms with Crippen molar-refractivity contribution in [3.63, 3.8) is 0 Å². The zero-order valence-corrected chi connectivity index (χ0v) is 17.0. The number of nitrogens with two attached hydrogens (primary N) is 1. The number of carbonyl (C=O) groups excluding carboxylic acids is 2. The maximum atomic E-state index is 12.7. The minimum absolute atomic E-state index is 0.127. The summed E-state index contributed by atoms with van der Waals surface area (Å²) in [7, 11) is 0. The monoisotopic (exact) mass is 432 g/mol. The van der Waals surface area contributed by atoms with Gasteiger partial charge in [0, 0.05) is 30.3 Å². The van der Waals surface area contributed by atoms with Crippen molar-refractivity contribution in [2.45, 2.75) is 12.5 Å². The van der Waals surface area contributed by atoms with Crippen LogP contribution in [-0.4, -0.2) is 28.2 Å². The lowest BCUT2D eigenvalue weighted by atomic mass is 10.1. The molecule has 0 saturated heterocycles. The van der Waals surface area contributed by atoms with Crippen LogP contribution in [0, 0.1) is 11.3 Å². The number of hydrogen-bond acceptors (Lipinski definition) is 6. The van der Waals surface area contributed by atoms with E-state index in [4.69, 9.17) is 22.1 Å². The lowest BCUT2D eigenvalue weighted by molar-refractivity contribution is 0.0629. The molecule has 2 amide bonds. The summed E-state index contributed by atoms with van der Waals surface area (Å²) in [5, 5.41) is 9.83. The number of nitriles is 1. The van der Waals surface area contributed by atoms with Crippen LogP contribution in [0.4, 0.5) is 5.82 Å². The number of fused-ring (bicyclic) bond motifs is 1. The first-order chi connectivity index (χ1) is 15.0. The van der Waals surface area contributed by atoms with Crippen molar-refractivity contribution in [3.8, 4) is 11.8 Å². The fourth-order valence-electron chi connectivity index (χ4n) is 3.49. The molecule has 8 heteroatoms. The molecule has 1 aromatic heterocycles. The van der Waals surface area contributed by atoms with Gasteiger partial charge in [0.15, 0.2) is 0 Å². The third-order valence-corrected chi connectivity index (χ3v) is 5.24. The second-order valence-electron chi connectivity index (χ2n) is 6.97. The highest BCUT2D eigenvalue weighted by molar-refractivity contribution is 6.30. The molecule has 0 saturated carbocycles. The summed E-state index contributed by atoms with van der Waals surface area (Å²) >= 11 is 6.08. The molecule has 7 nitrogen and oxygen atoms in total. The summed E-state index contributed by atoms with van der Waals surface area (Å²) < 4.78 is 6.13. The van der Waals surface area contributed by atoms with E-state index in [1.807, 2.05) is 0 Å². The summed E-state index contributed by atoms with van der Waals surface area (Å²) in [6.45, 7) is 0.127. The van der Waals surface area contributed by atoms with Crippen molar-refractivity contribution < 1.29 is 14.3 Å². The molecule has 154 valence electrons. The Kier molecular flexibility index (Phi) is 5.56. The summed E-state index contributed by atoms with van der Waals surface area (Å²) in [5.41, 5.74) is 7.63.